The van der Waals surface area contributed by atoms with Gasteiger partial charge in [0.25, 0.3) is 0 Å². The summed E-state index contributed by atoms with van der Waals surface area (Å²) < 4.78 is 1.24. The molecule has 2 heterocycles. The van der Waals surface area contributed by atoms with Gasteiger partial charge in [0.05, 0.1) is 0 Å². The Morgan fingerprint density at radius 2 is 1.96 bits per heavy atom. The highest BCUT2D eigenvalue weighted by Gasteiger charge is 2.15. The van der Waals surface area contributed by atoms with Gasteiger partial charge < -0.3 is 15.4 Å². The molecule has 0 aliphatic heterocycles. The van der Waals surface area contributed by atoms with E-state index >= 15 is 0 Å². The summed E-state index contributed by atoms with van der Waals surface area (Å²) in [4.78, 5) is 14.4. The number of nitro groups is 1. The minimum Gasteiger partial charge on any atom is -0.367 e. The van der Waals surface area contributed by atoms with E-state index in [9.17, 15) is 10.1 Å². The Hall–Kier alpha value is -2.96. The van der Waals surface area contributed by atoms with Gasteiger partial charge in [-0.3, -0.25) is 0 Å². The third kappa shape index (κ3) is 2.98. The first-order valence-corrected chi connectivity index (χ1v) is 7.34. The largest absolute Gasteiger partial charge is 0.368 e. The number of nitrogens with one attached hydrogen (secondary N) is 1. The maximum absolute atomic E-state index is 10.9. The Balaban J connectivity index is 1.74. The van der Waals surface area contributed by atoms with Gasteiger partial charge in [-0.15, -0.1) is 0 Å². The molecule has 7 heteroatoms. The van der Waals surface area contributed by atoms with Crippen molar-refractivity contribution in [3.63, 3.8) is 0 Å². The minimum absolute atomic E-state index is 0.140. The highest BCUT2D eigenvalue weighted by atomic mass is 16.6. The first-order valence-electron chi connectivity index (χ1n) is 7.34. The number of rotatable bonds is 5. The normalized spacial score (nSPS) is 10.9. The van der Waals surface area contributed by atoms with Crippen molar-refractivity contribution in [3.05, 3.63) is 63.3 Å². The van der Waals surface area contributed by atoms with Gasteiger partial charge in [-0.2, -0.15) is 0 Å². The van der Waals surface area contributed by atoms with Crippen molar-refractivity contribution in [2.24, 2.45) is 0 Å². The van der Waals surface area contributed by atoms with Gasteiger partial charge in [0.2, 0.25) is 5.65 Å². The van der Waals surface area contributed by atoms with Crippen molar-refractivity contribution in [1.82, 2.24) is 14.6 Å². The number of hydrogen-bond acceptors (Lipinski definition) is 5. The summed E-state index contributed by atoms with van der Waals surface area (Å²) >= 11 is 0. The molecule has 0 bridgehead atoms. The smallest absolute Gasteiger partial charge is 0.367 e. The van der Waals surface area contributed by atoms with E-state index in [1.807, 2.05) is 0 Å². The lowest BCUT2D eigenvalue weighted by atomic mass is 10.0. The monoisotopic (exact) mass is 311 g/mol. The maximum atomic E-state index is 10.9. The number of benzene rings is 1. The first-order chi connectivity index (χ1) is 11.1. The second-order valence-electron chi connectivity index (χ2n) is 5.41. The molecule has 23 heavy (non-hydrogen) atoms. The van der Waals surface area contributed by atoms with Gasteiger partial charge in [-0.25, -0.2) is 4.98 Å². The van der Waals surface area contributed by atoms with Crippen LogP contribution in [-0.4, -0.2) is 26.1 Å². The average molecular weight is 311 g/mol. The van der Waals surface area contributed by atoms with Crippen molar-refractivity contribution in [3.8, 4) is 0 Å². The van der Waals surface area contributed by atoms with Crippen LogP contribution in [0.25, 0.3) is 5.65 Å². The number of nitrogens with zero attached hydrogens (tertiary/aromatic N) is 4. The quantitative estimate of drug-likeness (QED) is 0.578. The Labute approximate surface area is 133 Å². The summed E-state index contributed by atoms with van der Waals surface area (Å²) in [6.45, 7) is 4.90. The zero-order valence-electron chi connectivity index (χ0n) is 13.0. The van der Waals surface area contributed by atoms with E-state index in [1.165, 1.54) is 27.4 Å². The Morgan fingerprint density at radius 3 is 2.65 bits per heavy atom. The lowest BCUT2D eigenvalue weighted by Crippen LogP contribution is -2.10. The van der Waals surface area contributed by atoms with E-state index < -0.39 is 4.92 Å². The fourth-order valence-electron chi connectivity index (χ4n) is 2.64. The van der Waals surface area contributed by atoms with E-state index in [0.29, 0.717) is 18.0 Å². The molecule has 1 N–H and O–H groups in total. The SMILES string of the molecule is Cc1cccc(C)c1CCNc1ccc2ncc([N+](=O)[O-])n2n1. The molecule has 3 aromatic rings. The highest BCUT2D eigenvalue weighted by molar-refractivity contribution is 5.48. The van der Waals surface area contributed by atoms with Crippen LogP contribution >= 0.6 is 0 Å². The molecule has 7 nitrogen and oxygen atoms in total. The molecule has 0 spiro atoms. The van der Waals surface area contributed by atoms with Crippen LogP contribution in [0.2, 0.25) is 0 Å². The van der Waals surface area contributed by atoms with Crippen LogP contribution in [0.4, 0.5) is 11.6 Å². The minimum atomic E-state index is -0.493. The molecule has 0 unspecified atom stereocenters. The number of imidazole rings is 1. The topological polar surface area (TPSA) is 85.4 Å². The summed E-state index contributed by atoms with van der Waals surface area (Å²) in [6.07, 6.45) is 2.08. The van der Waals surface area contributed by atoms with Gasteiger partial charge >= 0.3 is 5.82 Å². The molecule has 0 fully saturated rings. The van der Waals surface area contributed by atoms with Crippen LogP contribution < -0.4 is 5.32 Å². The van der Waals surface area contributed by atoms with E-state index in [4.69, 9.17) is 0 Å². The van der Waals surface area contributed by atoms with E-state index in [-0.39, 0.29) is 5.82 Å². The Bertz CT molecular complexity index is 852. The molecule has 2 aromatic heterocycles. The van der Waals surface area contributed by atoms with Gasteiger partial charge in [0.1, 0.15) is 6.20 Å². The zero-order valence-corrected chi connectivity index (χ0v) is 13.0. The second-order valence-corrected chi connectivity index (χ2v) is 5.41. The fourth-order valence-corrected chi connectivity index (χ4v) is 2.64. The van der Waals surface area contributed by atoms with Gasteiger partial charge in [0, 0.05) is 12.6 Å². The van der Waals surface area contributed by atoms with Crippen molar-refractivity contribution < 1.29 is 4.92 Å². The standard InChI is InChI=1S/C16H17N5O2/c1-11-4-3-5-12(2)13(11)8-9-17-14-6-7-15-18-10-16(21(22)23)20(15)19-14/h3-7,10H,8-9H2,1-2H3,(H,17,19). The third-order valence-corrected chi connectivity index (χ3v) is 3.86. The summed E-state index contributed by atoms with van der Waals surface area (Å²) in [7, 11) is 0. The zero-order chi connectivity index (χ0) is 16.4. The maximum Gasteiger partial charge on any atom is 0.368 e. The van der Waals surface area contributed by atoms with Gasteiger partial charge in [-0.1, -0.05) is 27.8 Å². The van der Waals surface area contributed by atoms with Crippen LogP contribution in [0.3, 0.4) is 0 Å². The fraction of sp³-hybridized carbons (Fsp3) is 0.250. The van der Waals surface area contributed by atoms with E-state index in [0.717, 1.165) is 6.42 Å². The Kier molecular flexibility index (Phi) is 3.92. The molecule has 0 amide bonds. The molecule has 0 saturated heterocycles. The van der Waals surface area contributed by atoms with Crippen molar-refractivity contribution in [1.29, 1.82) is 0 Å². The summed E-state index contributed by atoms with van der Waals surface area (Å²) in [6, 6.07) is 9.73. The molecular formula is C16H17N5O2. The molecule has 118 valence electrons. The summed E-state index contributed by atoms with van der Waals surface area (Å²) in [5.74, 6) is 0.447. The molecule has 1 aromatic carbocycles. The first kappa shape index (κ1) is 15.0. The Morgan fingerprint density at radius 1 is 1.22 bits per heavy atom. The highest BCUT2D eigenvalue weighted by Crippen LogP contribution is 2.16. The van der Waals surface area contributed by atoms with Crippen LogP contribution in [0.15, 0.2) is 36.5 Å². The number of hydrogen-bond donors (Lipinski definition) is 1. The number of anilines is 1. The lowest BCUT2D eigenvalue weighted by Gasteiger charge is -2.10. The number of fused-ring (bicyclic) bond motifs is 1. The van der Waals surface area contributed by atoms with Gasteiger partial charge in [0.15, 0.2) is 5.82 Å². The lowest BCUT2D eigenvalue weighted by molar-refractivity contribution is -0.391. The van der Waals surface area contributed by atoms with Crippen LogP contribution in [0.1, 0.15) is 16.7 Å². The molecule has 0 saturated carbocycles. The molecule has 0 aliphatic carbocycles. The summed E-state index contributed by atoms with van der Waals surface area (Å²) in [5, 5.41) is 18.4. The number of aromatic nitrogens is 3. The van der Waals surface area contributed by atoms with Crippen LogP contribution in [0, 0.1) is 24.0 Å². The molecule has 0 aliphatic rings. The molecular weight excluding hydrogens is 294 g/mol. The molecule has 0 radical (unpaired) electrons. The second kappa shape index (κ2) is 6.04. The average Bonchev–Trinajstić information content (AvgIpc) is 2.93. The van der Waals surface area contributed by atoms with Crippen LogP contribution in [0.5, 0.6) is 0 Å². The van der Waals surface area contributed by atoms with Crippen molar-refractivity contribution >= 4 is 17.3 Å². The number of aryl methyl sites for hydroxylation is 2. The van der Waals surface area contributed by atoms with Crippen molar-refractivity contribution in [2.45, 2.75) is 20.3 Å². The summed E-state index contributed by atoms with van der Waals surface area (Å²) in [5.41, 5.74) is 4.30. The predicted molar refractivity (Wildman–Crippen MR) is 87.8 cm³/mol. The third-order valence-electron chi connectivity index (χ3n) is 3.86. The van der Waals surface area contributed by atoms with E-state index in [1.54, 1.807) is 12.1 Å². The van der Waals surface area contributed by atoms with E-state index in [2.05, 4.69) is 47.4 Å². The molecule has 0 atom stereocenters. The van der Waals surface area contributed by atoms with Crippen LogP contribution in [-0.2, 0) is 6.42 Å². The predicted octanol–water partition coefficient (Wildman–Crippen LogP) is 2.91. The van der Waals surface area contributed by atoms with Crippen molar-refractivity contribution in [2.75, 3.05) is 11.9 Å². The molecule has 3 rings (SSSR count). The van der Waals surface area contributed by atoms with Gasteiger partial charge in [-0.05, 0) is 47.9 Å².